The number of benzene rings is 1. The molecule has 2 aromatic rings. The molecule has 1 aromatic heterocycles. The van der Waals surface area contributed by atoms with Crippen LogP contribution in [0.4, 0.5) is 0 Å². The zero-order chi connectivity index (χ0) is 17.1. The Morgan fingerprint density at radius 3 is 2.71 bits per heavy atom. The zero-order valence-electron chi connectivity index (χ0n) is 13.2. The Bertz CT molecular complexity index is 816. The lowest BCUT2D eigenvalue weighted by atomic mass is 9.99. The second-order valence-electron chi connectivity index (χ2n) is 6.12. The van der Waals surface area contributed by atoms with Gasteiger partial charge in [0.2, 0.25) is 0 Å². The van der Waals surface area contributed by atoms with Gasteiger partial charge in [0.15, 0.2) is 0 Å². The van der Waals surface area contributed by atoms with Crippen LogP contribution in [0.3, 0.4) is 0 Å². The number of aryl methyl sites for hydroxylation is 1. The van der Waals surface area contributed by atoms with Gasteiger partial charge in [-0.15, -0.1) is 0 Å². The molecule has 3 rings (SSSR count). The standard InChI is InChI=1S/C17H19ClIN3O2/c18-14-4-2-12(3-5-14)13-6-9-21(10-13)7-1-8-22-11-15(19)16(23)20-17(22)24/h2-5,11,13H,1,6-10H2,(H,20,23,24). The average Bonchev–Trinajstić information content (AvgIpc) is 3.02. The minimum atomic E-state index is -0.333. The Morgan fingerprint density at radius 1 is 1.21 bits per heavy atom. The highest BCUT2D eigenvalue weighted by molar-refractivity contribution is 14.1. The van der Waals surface area contributed by atoms with Crippen LogP contribution >= 0.6 is 34.2 Å². The number of nitrogens with one attached hydrogen (secondary N) is 1. The number of hydrogen-bond acceptors (Lipinski definition) is 3. The maximum atomic E-state index is 11.8. The van der Waals surface area contributed by atoms with Crippen LogP contribution in [0.25, 0.3) is 0 Å². The molecule has 1 N–H and O–H groups in total. The van der Waals surface area contributed by atoms with Gasteiger partial charge in [0.25, 0.3) is 5.56 Å². The largest absolute Gasteiger partial charge is 0.328 e. The van der Waals surface area contributed by atoms with Crippen molar-refractivity contribution in [3.63, 3.8) is 0 Å². The highest BCUT2D eigenvalue weighted by Crippen LogP contribution is 2.28. The molecule has 0 bridgehead atoms. The van der Waals surface area contributed by atoms with Gasteiger partial charge < -0.3 is 4.90 Å². The third kappa shape index (κ3) is 4.29. The van der Waals surface area contributed by atoms with Gasteiger partial charge in [-0.3, -0.25) is 14.3 Å². The fraction of sp³-hybridized carbons (Fsp3) is 0.412. The molecule has 0 amide bonds. The Kier molecular flexibility index (Phi) is 5.78. The van der Waals surface area contributed by atoms with E-state index in [-0.39, 0.29) is 11.2 Å². The molecule has 0 aliphatic carbocycles. The predicted molar refractivity (Wildman–Crippen MR) is 104 cm³/mol. The first-order chi connectivity index (χ1) is 11.5. The molecule has 1 unspecified atom stereocenters. The van der Waals surface area contributed by atoms with Crippen molar-refractivity contribution in [1.29, 1.82) is 0 Å². The van der Waals surface area contributed by atoms with E-state index in [1.165, 1.54) is 5.56 Å². The van der Waals surface area contributed by atoms with E-state index in [9.17, 15) is 9.59 Å². The molecular formula is C17H19ClIN3O2. The molecule has 2 heterocycles. The van der Waals surface area contributed by atoms with Crippen LogP contribution in [0.15, 0.2) is 40.1 Å². The van der Waals surface area contributed by atoms with Crippen LogP contribution in [-0.4, -0.2) is 34.1 Å². The van der Waals surface area contributed by atoms with E-state index in [0.717, 1.165) is 37.5 Å². The summed E-state index contributed by atoms with van der Waals surface area (Å²) >= 11 is 7.89. The lowest BCUT2D eigenvalue weighted by molar-refractivity contribution is 0.320. The Morgan fingerprint density at radius 2 is 1.96 bits per heavy atom. The van der Waals surface area contributed by atoms with Crippen LogP contribution in [0.5, 0.6) is 0 Å². The van der Waals surface area contributed by atoms with Crippen molar-refractivity contribution in [3.05, 3.63) is 65.5 Å². The molecule has 1 saturated heterocycles. The minimum Gasteiger partial charge on any atom is -0.303 e. The van der Waals surface area contributed by atoms with Gasteiger partial charge >= 0.3 is 5.69 Å². The lowest BCUT2D eigenvalue weighted by Gasteiger charge is -2.16. The second-order valence-corrected chi connectivity index (χ2v) is 7.72. The molecule has 1 aliphatic heterocycles. The van der Waals surface area contributed by atoms with E-state index in [1.54, 1.807) is 10.8 Å². The van der Waals surface area contributed by atoms with Gasteiger partial charge in [0.1, 0.15) is 0 Å². The first-order valence-electron chi connectivity index (χ1n) is 8.00. The molecule has 0 saturated carbocycles. The van der Waals surface area contributed by atoms with Crippen molar-refractivity contribution >= 4 is 34.2 Å². The normalized spacial score (nSPS) is 18.2. The number of halogens is 2. The highest BCUT2D eigenvalue weighted by Gasteiger charge is 2.23. The van der Waals surface area contributed by atoms with E-state index < -0.39 is 0 Å². The molecule has 7 heteroatoms. The summed E-state index contributed by atoms with van der Waals surface area (Å²) in [6.45, 7) is 3.69. The minimum absolute atomic E-state index is 0.317. The Hall–Kier alpha value is -1.12. The summed E-state index contributed by atoms with van der Waals surface area (Å²) in [6.07, 6.45) is 3.66. The first kappa shape index (κ1) is 17.7. The number of likely N-dealkylation sites (tertiary alicyclic amines) is 1. The first-order valence-corrected chi connectivity index (χ1v) is 9.45. The van der Waals surface area contributed by atoms with Crippen molar-refractivity contribution < 1.29 is 0 Å². The van der Waals surface area contributed by atoms with Gasteiger partial charge in [-0.1, -0.05) is 23.7 Å². The summed E-state index contributed by atoms with van der Waals surface area (Å²) in [5, 5.41) is 0.773. The van der Waals surface area contributed by atoms with Crippen molar-refractivity contribution in [2.24, 2.45) is 0 Å². The maximum Gasteiger partial charge on any atom is 0.328 e. The van der Waals surface area contributed by atoms with Crippen molar-refractivity contribution in [1.82, 2.24) is 14.5 Å². The summed E-state index contributed by atoms with van der Waals surface area (Å²) in [4.78, 5) is 27.9. The molecule has 1 atom stereocenters. The van der Waals surface area contributed by atoms with Crippen molar-refractivity contribution in [2.45, 2.75) is 25.3 Å². The maximum absolute atomic E-state index is 11.8. The average molecular weight is 460 g/mol. The lowest BCUT2D eigenvalue weighted by Crippen LogP contribution is -2.32. The topological polar surface area (TPSA) is 58.1 Å². The molecule has 24 heavy (non-hydrogen) atoms. The fourth-order valence-corrected chi connectivity index (χ4v) is 3.75. The van der Waals surface area contributed by atoms with Crippen LogP contribution in [0, 0.1) is 3.57 Å². The van der Waals surface area contributed by atoms with Crippen molar-refractivity contribution in [3.8, 4) is 0 Å². The third-order valence-corrected chi connectivity index (χ3v) is 5.47. The molecule has 0 spiro atoms. The number of aromatic amines is 1. The molecule has 1 aromatic carbocycles. The highest BCUT2D eigenvalue weighted by atomic mass is 127. The molecule has 128 valence electrons. The van der Waals surface area contributed by atoms with Gasteiger partial charge in [-0.2, -0.15) is 0 Å². The molecule has 5 nitrogen and oxygen atoms in total. The summed E-state index contributed by atoms with van der Waals surface area (Å²) in [5.74, 6) is 0.555. The van der Waals surface area contributed by atoms with Gasteiger partial charge in [-0.25, -0.2) is 4.79 Å². The van der Waals surface area contributed by atoms with Gasteiger partial charge in [0.05, 0.1) is 3.57 Å². The summed E-state index contributed by atoms with van der Waals surface area (Å²) in [6, 6.07) is 8.12. The van der Waals surface area contributed by atoms with E-state index in [4.69, 9.17) is 11.6 Å². The molecule has 0 radical (unpaired) electrons. The number of H-pyrrole nitrogens is 1. The quantitative estimate of drug-likeness (QED) is 0.700. The van der Waals surface area contributed by atoms with Gasteiger partial charge in [-0.05, 0) is 72.1 Å². The van der Waals surface area contributed by atoms with E-state index >= 15 is 0 Å². The Balaban J connectivity index is 1.52. The fourth-order valence-electron chi connectivity index (χ4n) is 3.16. The van der Waals surface area contributed by atoms with Gasteiger partial charge in [0, 0.05) is 24.3 Å². The van der Waals surface area contributed by atoms with Crippen LogP contribution in [0.1, 0.15) is 24.3 Å². The number of rotatable bonds is 5. The van der Waals surface area contributed by atoms with E-state index in [1.807, 2.05) is 34.7 Å². The molecule has 1 fully saturated rings. The number of aromatic nitrogens is 2. The van der Waals surface area contributed by atoms with Crippen molar-refractivity contribution in [2.75, 3.05) is 19.6 Å². The molecule has 1 aliphatic rings. The van der Waals surface area contributed by atoms with E-state index in [2.05, 4.69) is 22.0 Å². The Labute approximate surface area is 158 Å². The smallest absolute Gasteiger partial charge is 0.303 e. The summed E-state index contributed by atoms with van der Waals surface area (Å²) in [7, 11) is 0. The monoisotopic (exact) mass is 459 g/mol. The third-order valence-electron chi connectivity index (χ3n) is 4.45. The van der Waals surface area contributed by atoms with Crippen LogP contribution < -0.4 is 11.2 Å². The number of hydrogen-bond donors (Lipinski definition) is 1. The second kappa shape index (κ2) is 7.84. The molecular weight excluding hydrogens is 441 g/mol. The van der Waals surface area contributed by atoms with E-state index in [0.29, 0.717) is 16.0 Å². The number of nitrogens with zero attached hydrogens (tertiary/aromatic N) is 2. The SMILES string of the molecule is O=c1[nH]c(=O)n(CCCN2CCC(c3ccc(Cl)cc3)C2)cc1I. The van der Waals surface area contributed by atoms with Crippen LogP contribution in [-0.2, 0) is 6.54 Å². The summed E-state index contributed by atoms with van der Waals surface area (Å²) in [5.41, 5.74) is 0.691. The zero-order valence-corrected chi connectivity index (χ0v) is 16.1. The predicted octanol–water partition coefficient (Wildman–Crippen LogP) is 2.67. The summed E-state index contributed by atoms with van der Waals surface area (Å²) < 4.78 is 2.12. The van der Waals surface area contributed by atoms with Crippen LogP contribution in [0.2, 0.25) is 5.02 Å².